The normalized spacial score (nSPS) is 14.0. The summed E-state index contributed by atoms with van der Waals surface area (Å²) in [6.07, 6.45) is 0. The highest BCUT2D eigenvalue weighted by Crippen LogP contribution is 2.33. The number of hydrogen-bond acceptors (Lipinski definition) is 6. The van der Waals surface area contributed by atoms with Crippen molar-refractivity contribution in [1.82, 2.24) is 10.2 Å². The summed E-state index contributed by atoms with van der Waals surface area (Å²) < 4.78 is 10.8. The zero-order chi connectivity index (χ0) is 18.6. The van der Waals surface area contributed by atoms with Gasteiger partial charge in [-0.05, 0) is 27.3 Å². The molecule has 1 heterocycles. The van der Waals surface area contributed by atoms with E-state index in [0.717, 1.165) is 0 Å². The third-order valence-corrected chi connectivity index (χ3v) is 3.71. The lowest BCUT2D eigenvalue weighted by Crippen LogP contribution is -2.45. The van der Waals surface area contributed by atoms with Gasteiger partial charge in [0.05, 0.1) is 18.1 Å². The van der Waals surface area contributed by atoms with Gasteiger partial charge in [-0.1, -0.05) is 6.92 Å². The first-order valence-corrected chi connectivity index (χ1v) is 8.23. The fraction of sp³-hybridized carbons (Fsp3) is 0.588. The summed E-state index contributed by atoms with van der Waals surface area (Å²) in [6.45, 7) is 9.34. The van der Waals surface area contributed by atoms with Gasteiger partial charge < -0.3 is 14.8 Å². The monoisotopic (exact) mass is 351 g/mol. The van der Waals surface area contributed by atoms with Crippen molar-refractivity contribution in [3.05, 3.63) is 33.4 Å². The van der Waals surface area contributed by atoms with E-state index < -0.39 is 4.92 Å². The molecule has 0 aromatic heterocycles. The Morgan fingerprint density at radius 1 is 1.40 bits per heavy atom. The van der Waals surface area contributed by atoms with E-state index in [1.807, 2.05) is 32.6 Å². The minimum atomic E-state index is -0.430. The summed E-state index contributed by atoms with van der Waals surface area (Å²) in [5, 5.41) is 14.1. The SMILES string of the molecule is CCN(CC(=O)NC(C)(C)C)Cc1cc([N+](=O)[O-])cc2c1OCOC2. The summed E-state index contributed by atoms with van der Waals surface area (Å²) in [5.41, 5.74) is 1.04. The van der Waals surface area contributed by atoms with Crippen LogP contribution >= 0.6 is 0 Å². The molecule has 1 aromatic carbocycles. The highest BCUT2D eigenvalue weighted by Gasteiger charge is 2.23. The Morgan fingerprint density at radius 2 is 2.12 bits per heavy atom. The summed E-state index contributed by atoms with van der Waals surface area (Å²) in [7, 11) is 0. The fourth-order valence-electron chi connectivity index (χ4n) is 2.68. The molecule has 1 aliphatic heterocycles. The minimum absolute atomic E-state index is 0.00181. The lowest BCUT2D eigenvalue weighted by Gasteiger charge is -2.26. The van der Waals surface area contributed by atoms with Crippen LogP contribution in [-0.2, 0) is 22.7 Å². The number of nitrogens with zero attached hydrogens (tertiary/aromatic N) is 2. The van der Waals surface area contributed by atoms with E-state index in [1.54, 1.807) is 0 Å². The van der Waals surface area contributed by atoms with Gasteiger partial charge in [-0.25, -0.2) is 0 Å². The molecule has 1 aliphatic rings. The van der Waals surface area contributed by atoms with E-state index in [0.29, 0.717) is 30.0 Å². The van der Waals surface area contributed by atoms with Gasteiger partial charge in [0, 0.05) is 35.3 Å². The van der Waals surface area contributed by atoms with Gasteiger partial charge >= 0.3 is 0 Å². The Morgan fingerprint density at radius 3 is 2.72 bits per heavy atom. The zero-order valence-corrected chi connectivity index (χ0v) is 15.1. The molecule has 1 N–H and O–H groups in total. The number of ether oxygens (including phenoxy) is 2. The summed E-state index contributed by atoms with van der Waals surface area (Å²) in [5.74, 6) is 0.532. The van der Waals surface area contributed by atoms with Crippen molar-refractivity contribution >= 4 is 11.6 Å². The number of nitro groups is 1. The first-order valence-electron chi connectivity index (χ1n) is 8.23. The number of hydrogen-bond donors (Lipinski definition) is 1. The van der Waals surface area contributed by atoms with Crippen LogP contribution in [0.4, 0.5) is 5.69 Å². The molecule has 2 rings (SSSR count). The molecule has 1 amide bonds. The van der Waals surface area contributed by atoms with Crippen molar-refractivity contribution < 1.29 is 19.2 Å². The first-order chi connectivity index (χ1) is 11.7. The van der Waals surface area contributed by atoms with Crippen LogP contribution in [0.2, 0.25) is 0 Å². The molecule has 0 saturated heterocycles. The van der Waals surface area contributed by atoms with Crippen molar-refractivity contribution in [3.8, 4) is 5.75 Å². The largest absolute Gasteiger partial charge is 0.467 e. The van der Waals surface area contributed by atoms with E-state index in [2.05, 4.69) is 5.32 Å². The number of benzene rings is 1. The molecule has 0 aliphatic carbocycles. The van der Waals surface area contributed by atoms with Crippen LogP contribution in [0.3, 0.4) is 0 Å². The molecule has 0 radical (unpaired) electrons. The van der Waals surface area contributed by atoms with Crippen LogP contribution in [-0.4, -0.2) is 41.2 Å². The van der Waals surface area contributed by atoms with Crippen molar-refractivity contribution in [2.75, 3.05) is 19.9 Å². The predicted molar refractivity (Wildman–Crippen MR) is 92.2 cm³/mol. The van der Waals surface area contributed by atoms with Gasteiger partial charge in [-0.15, -0.1) is 0 Å². The molecule has 138 valence electrons. The van der Waals surface area contributed by atoms with Crippen molar-refractivity contribution in [1.29, 1.82) is 0 Å². The Labute approximate surface area is 147 Å². The Balaban J connectivity index is 2.20. The Hall–Kier alpha value is -2.19. The van der Waals surface area contributed by atoms with Crippen molar-refractivity contribution in [2.45, 2.75) is 46.4 Å². The summed E-state index contributed by atoms with van der Waals surface area (Å²) >= 11 is 0. The maximum absolute atomic E-state index is 12.2. The third kappa shape index (κ3) is 5.40. The number of nitro benzene ring substituents is 1. The number of amides is 1. The minimum Gasteiger partial charge on any atom is -0.467 e. The zero-order valence-electron chi connectivity index (χ0n) is 15.1. The molecular formula is C17H25N3O5. The fourth-order valence-corrected chi connectivity index (χ4v) is 2.68. The quantitative estimate of drug-likeness (QED) is 0.624. The van der Waals surface area contributed by atoms with E-state index in [1.165, 1.54) is 12.1 Å². The van der Waals surface area contributed by atoms with Crippen LogP contribution in [0.25, 0.3) is 0 Å². The molecule has 0 unspecified atom stereocenters. The van der Waals surface area contributed by atoms with Crippen molar-refractivity contribution in [2.24, 2.45) is 0 Å². The highest BCUT2D eigenvalue weighted by molar-refractivity contribution is 5.78. The molecule has 8 nitrogen and oxygen atoms in total. The second-order valence-corrected chi connectivity index (χ2v) is 7.06. The van der Waals surface area contributed by atoms with Gasteiger partial charge in [-0.2, -0.15) is 0 Å². The number of carbonyl (C=O) groups excluding carboxylic acids is 1. The summed E-state index contributed by atoms with van der Waals surface area (Å²) in [4.78, 5) is 24.8. The van der Waals surface area contributed by atoms with Crippen LogP contribution < -0.4 is 10.1 Å². The molecule has 1 aromatic rings. The maximum atomic E-state index is 12.2. The number of likely N-dealkylation sites (N-methyl/N-ethyl adjacent to an activating group) is 1. The molecule has 0 bridgehead atoms. The highest BCUT2D eigenvalue weighted by atomic mass is 16.7. The molecule has 0 atom stereocenters. The number of rotatable bonds is 6. The third-order valence-electron chi connectivity index (χ3n) is 3.71. The average Bonchev–Trinajstić information content (AvgIpc) is 2.52. The second kappa shape index (κ2) is 7.79. The van der Waals surface area contributed by atoms with Gasteiger partial charge in [-0.3, -0.25) is 19.8 Å². The molecule has 0 saturated carbocycles. The average molecular weight is 351 g/mol. The van der Waals surface area contributed by atoms with E-state index in [-0.39, 0.29) is 37.1 Å². The molecular weight excluding hydrogens is 326 g/mol. The van der Waals surface area contributed by atoms with E-state index in [4.69, 9.17) is 9.47 Å². The smallest absolute Gasteiger partial charge is 0.270 e. The molecule has 0 fully saturated rings. The van der Waals surface area contributed by atoms with E-state index in [9.17, 15) is 14.9 Å². The van der Waals surface area contributed by atoms with Gasteiger partial charge in [0.1, 0.15) is 5.75 Å². The Bertz CT molecular complexity index is 654. The number of carbonyl (C=O) groups is 1. The van der Waals surface area contributed by atoms with Crippen molar-refractivity contribution in [3.63, 3.8) is 0 Å². The lowest BCUT2D eigenvalue weighted by atomic mass is 10.1. The summed E-state index contributed by atoms with van der Waals surface area (Å²) in [6, 6.07) is 2.98. The Kier molecular flexibility index (Phi) is 5.97. The number of fused-ring (bicyclic) bond motifs is 1. The van der Waals surface area contributed by atoms with Crippen LogP contribution in [0.1, 0.15) is 38.8 Å². The van der Waals surface area contributed by atoms with Crippen LogP contribution in [0, 0.1) is 10.1 Å². The van der Waals surface area contributed by atoms with Gasteiger partial charge in [0.25, 0.3) is 5.69 Å². The topological polar surface area (TPSA) is 93.9 Å². The molecule has 8 heteroatoms. The first kappa shape index (κ1) is 19.1. The molecule has 0 spiro atoms. The van der Waals surface area contributed by atoms with Gasteiger partial charge in [0.15, 0.2) is 6.79 Å². The second-order valence-electron chi connectivity index (χ2n) is 7.06. The standard InChI is InChI=1S/C17H25N3O5/c1-5-19(9-15(21)18-17(2,3)4)8-12-6-14(20(22)23)7-13-10-24-11-25-16(12)13/h6-7H,5,8-11H2,1-4H3,(H,18,21). The van der Waals surface area contributed by atoms with E-state index >= 15 is 0 Å². The maximum Gasteiger partial charge on any atom is 0.270 e. The predicted octanol–water partition coefficient (Wildman–Crippen LogP) is 2.20. The van der Waals surface area contributed by atoms with Gasteiger partial charge in [0.2, 0.25) is 5.91 Å². The lowest BCUT2D eigenvalue weighted by molar-refractivity contribution is -0.385. The van der Waals surface area contributed by atoms with Crippen LogP contribution in [0.5, 0.6) is 5.75 Å². The van der Waals surface area contributed by atoms with Crippen LogP contribution in [0.15, 0.2) is 12.1 Å². The number of nitrogens with one attached hydrogen (secondary N) is 1. The number of non-ortho nitro benzene ring substituents is 1. The molecule has 25 heavy (non-hydrogen) atoms.